The van der Waals surface area contributed by atoms with Crippen molar-refractivity contribution in [2.45, 2.75) is 17.9 Å². The summed E-state index contributed by atoms with van der Waals surface area (Å²) in [6.45, 7) is 1.76. The summed E-state index contributed by atoms with van der Waals surface area (Å²) in [7, 11) is -2.25. The van der Waals surface area contributed by atoms with E-state index in [-0.39, 0.29) is 16.8 Å². The van der Waals surface area contributed by atoms with Crippen molar-refractivity contribution in [3.8, 4) is 5.75 Å². The molecular formula is C16H18N2O4S. The van der Waals surface area contributed by atoms with Crippen LogP contribution in [0.25, 0.3) is 0 Å². The molecule has 0 aliphatic heterocycles. The summed E-state index contributed by atoms with van der Waals surface area (Å²) >= 11 is 0. The summed E-state index contributed by atoms with van der Waals surface area (Å²) in [6, 6.07) is 12.6. The number of rotatable bonds is 5. The smallest absolute Gasteiger partial charge is 0.251 e. The lowest BCUT2D eigenvalue weighted by atomic mass is 10.1. The van der Waals surface area contributed by atoms with Gasteiger partial charge in [0.2, 0.25) is 10.0 Å². The zero-order valence-corrected chi connectivity index (χ0v) is 13.6. The predicted molar refractivity (Wildman–Crippen MR) is 86.7 cm³/mol. The third kappa shape index (κ3) is 4.30. The first-order valence-corrected chi connectivity index (χ1v) is 8.43. The molecule has 3 N–H and O–H groups in total. The minimum Gasteiger partial charge on any atom is -0.497 e. The largest absolute Gasteiger partial charge is 0.497 e. The van der Waals surface area contributed by atoms with Crippen LogP contribution in [0.4, 0.5) is 0 Å². The van der Waals surface area contributed by atoms with Crippen LogP contribution in [0.1, 0.15) is 28.9 Å². The van der Waals surface area contributed by atoms with Crippen molar-refractivity contribution in [1.29, 1.82) is 0 Å². The van der Waals surface area contributed by atoms with Crippen molar-refractivity contribution in [3.05, 3.63) is 59.7 Å². The molecule has 1 amide bonds. The molecular weight excluding hydrogens is 316 g/mol. The van der Waals surface area contributed by atoms with Crippen LogP contribution in [-0.2, 0) is 10.0 Å². The fraction of sp³-hybridized carbons (Fsp3) is 0.188. The second-order valence-electron chi connectivity index (χ2n) is 5.04. The number of nitrogens with one attached hydrogen (secondary N) is 1. The van der Waals surface area contributed by atoms with E-state index in [0.717, 1.165) is 0 Å². The number of amides is 1. The average Bonchev–Trinajstić information content (AvgIpc) is 2.54. The maximum atomic E-state index is 12.3. The fourth-order valence-electron chi connectivity index (χ4n) is 2.09. The van der Waals surface area contributed by atoms with Gasteiger partial charge >= 0.3 is 0 Å². The van der Waals surface area contributed by atoms with Gasteiger partial charge in [0.05, 0.1) is 18.0 Å². The fourth-order valence-corrected chi connectivity index (χ4v) is 2.66. The molecule has 1 unspecified atom stereocenters. The minimum absolute atomic E-state index is 0.0116. The third-order valence-electron chi connectivity index (χ3n) is 3.37. The lowest BCUT2D eigenvalue weighted by molar-refractivity contribution is 0.0939. The molecule has 122 valence electrons. The molecule has 2 rings (SSSR count). The van der Waals surface area contributed by atoms with Crippen molar-refractivity contribution in [1.82, 2.24) is 5.32 Å². The molecule has 1 atom stereocenters. The Morgan fingerprint density at radius 1 is 1.17 bits per heavy atom. The van der Waals surface area contributed by atoms with Crippen molar-refractivity contribution < 1.29 is 17.9 Å². The molecule has 0 radical (unpaired) electrons. The lowest BCUT2D eigenvalue weighted by Crippen LogP contribution is -2.26. The summed E-state index contributed by atoms with van der Waals surface area (Å²) < 4.78 is 27.9. The standard InChI is InChI=1S/C16H18N2O4S/c1-11(12-5-4-8-15(10-12)23(17,20)21)18-16(19)13-6-3-7-14(9-13)22-2/h3-11H,1-2H3,(H,18,19)(H2,17,20,21). The van der Waals surface area contributed by atoms with Gasteiger partial charge in [-0.2, -0.15) is 0 Å². The number of hydrogen-bond acceptors (Lipinski definition) is 4. The number of nitrogens with two attached hydrogens (primary N) is 1. The topological polar surface area (TPSA) is 98.5 Å². The van der Waals surface area contributed by atoms with Crippen LogP contribution >= 0.6 is 0 Å². The Morgan fingerprint density at radius 3 is 2.52 bits per heavy atom. The molecule has 0 heterocycles. The third-order valence-corrected chi connectivity index (χ3v) is 4.28. The SMILES string of the molecule is COc1cccc(C(=O)NC(C)c2cccc(S(N)(=O)=O)c2)c1. The van der Waals surface area contributed by atoms with E-state index in [1.165, 1.54) is 19.2 Å². The number of ether oxygens (including phenoxy) is 1. The highest BCUT2D eigenvalue weighted by atomic mass is 32.2. The normalized spacial score (nSPS) is 12.5. The van der Waals surface area contributed by atoms with Gasteiger partial charge < -0.3 is 10.1 Å². The summed E-state index contributed by atoms with van der Waals surface area (Å²) in [5.74, 6) is 0.305. The van der Waals surface area contributed by atoms with Crippen molar-refractivity contribution in [2.75, 3.05) is 7.11 Å². The van der Waals surface area contributed by atoms with Gasteiger partial charge in [-0.1, -0.05) is 18.2 Å². The van der Waals surface area contributed by atoms with Crippen LogP contribution in [0.5, 0.6) is 5.75 Å². The minimum atomic E-state index is -3.78. The molecule has 0 aromatic heterocycles. The number of carbonyl (C=O) groups excluding carboxylic acids is 1. The Hall–Kier alpha value is -2.38. The Labute approximate surface area is 135 Å². The van der Waals surface area contributed by atoms with Crippen LogP contribution in [-0.4, -0.2) is 21.4 Å². The second kappa shape index (κ2) is 6.80. The number of primary sulfonamides is 1. The quantitative estimate of drug-likeness (QED) is 0.871. The maximum Gasteiger partial charge on any atom is 0.251 e. The van der Waals surface area contributed by atoms with Crippen molar-refractivity contribution >= 4 is 15.9 Å². The second-order valence-corrected chi connectivity index (χ2v) is 6.61. The van der Waals surface area contributed by atoms with Gasteiger partial charge in [0.1, 0.15) is 5.75 Å². The first kappa shape index (κ1) is 17.0. The monoisotopic (exact) mass is 334 g/mol. The zero-order chi connectivity index (χ0) is 17.0. The highest BCUT2D eigenvalue weighted by Gasteiger charge is 2.14. The zero-order valence-electron chi connectivity index (χ0n) is 12.8. The van der Waals surface area contributed by atoms with Crippen molar-refractivity contribution in [3.63, 3.8) is 0 Å². The first-order valence-electron chi connectivity index (χ1n) is 6.89. The van der Waals surface area contributed by atoms with Crippen LogP contribution < -0.4 is 15.2 Å². The van der Waals surface area contributed by atoms with Gasteiger partial charge in [-0.15, -0.1) is 0 Å². The molecule has 0 saturated heterocycles. The van der Waals surface area contributed by atoms with E-state index in [9.17, 15) is 13.2 Å². The Balaban J connectivity index is 2.18. The Morgan fingerprint density at radius 2 is 1.87 bits per heavy atom. The summed E-state index contributed by atoms with van der Waals surface area (Å²) in [4.78, 5) is 12.3. The maximum absolute atomic E-state index is 12.3. The van der Waals surface area contributed by atoms with E-state index >= 15 is 0 Å². The van der Waals surface area contributed by atoms with Gasteiger partial charge in [0.15, 0.2) is 0 Å². The molecule has 2 aromatic rings. The molecule has 6 nitrogen and oxygen atoms in total. The average molecular weight is 334 g/mol. The van der Waals surface area contributed by atoms with Crippen LogP contribution in [0.2, 0.25) is 0 Å². The molecule has 0 fully saturated rings. The number of hydrogen-bond donors (Lipinski definition) is 2. The van der Waals surface area contributed by atoms with Crippen molar-refractivity contribution in [2.24, 2.45) is 5.14 Å². The molecule has 0 saturated carbocycles. The number of benzene rings is 2. The predicted octanol–water partition coefficient (Wildman–Crippen LogP) is 1.83. The number of sulfonamides is 1. The van der Waals surface area contributed by atoms with Gasteiger partial charge in [-0.25, -0.2) is 13.6 Å². The van der Waals surface area contributed by atoms with E-state index in [1.54, 1.807) is 43.3 Å². The molecule has 7 heteroatoms. The highest BCUT2D eigenvalue weighted by Crippen LogP contribution is 2.18. The van der Waals surface area contributed by atoms with E-state index in [2.05, 4.69) is 5.32 Å². The van der Waals surface area contributed by atoms with Crippen LogP contribution in [0.15, 0.2) is 53.4 Å². The number of methoxy groups -OCH3 is 1. The van der Waals surface area contributed by atoms with Gasteiger partial charge in [0, 0.05) is 5.56 Å². The molecule has 23 heavy (non-hydrogen) atoms. The Kier molecular flexibility index (Phi) is 5.02. The molecule has 2 aromatic carbocycles. The van der Waals surface area contributed by atoms with E-state index in [0.29, 0.717) is 16.9 Å². The summed E-state index contributed by atoms with van der Waals surface area (Å²) in [5, 5.41) is 7.93. The summed E-state index contributed by atoms with van der Waals surface area (Å²) in [6.07, 6.45) is 0. The number of carbonyl (C=O) groups is 1. The Bertz CT molecular complexity index is 818. The molecule has 0 spiro atoms. The first-order chi connectivity index (χ1) is 10.8. The highest BCUT2D eigenvalue weighted by molar-refractivity contribution is 7.89. The van der Waals surface area contributed by atoms with Crippen LogP contribution in [0, 0.1) is 0 Å². The van der Waals surface area contributed by atoms with E-state index in [1.807, 2.05) is 0 Å². The van der Waals surface area contributed by atoms with Gasteiger partial charge in [-0.3, -0.25) is 4.79 Å². The van der Waals surface area contributed by atoms with Crippen LogP contribution in [0.3, 0.4) is 0 Å². The molecule has 0 bridgehead atoms. The molecule has 0 aliphatic carbocycles. The van der Waals surface area contributed by atoms with E-state index in [4.69, 9.17) is 9.88 Å². The lowest BCUT2D eigenvalue weighted by Gasteiger charge is -2.15. The summed E-state index contributed by atoms with van der Waals surface area (Å²) in [5.41, 5.74) is 1.10. The molecule has 0 aliphatic rings. The van der Waals surface area contributed by atoms with E-state index < -0.39 is 10.0 Å². The van der Waals surface area contributed by atoms with Gasteiger partial charge in [0.25, 0.3) is 5.91 Å². The van der Waals surface area contributed by atoms with Gasteiger partial charge in [-0.05, 0) is 42.8 Å².